The second-order valence-electron chi connectivity index (χ2n) is 8.28. The maximum absolute atomic E-state index is 14.8. The van der Waals surface area contributed by atoms with E-state index in [-0.39, 0.29) is 24.3 Å². The lowest BCUT2D eigenvalue weighted by Gasteiger charge is -2.41. The first kappa shape index (κ1) is 22.1. The molecule has 2 fully saturated rings. The van der Waals surface area contributed by atoms with Crippen molar-refractivity contribution in [3.05, 3.63) is 23.7 Å². The minimum atomic E-state index is -1.24. The smallest absolute Gasteiger partial charge is 0.219 e. The third kappa shape index (κ3) is 4.30. The zero-order chi connectivity index (χ0) is 21.3. The molecule has 0 radical (unpaired) electrons. The van der Waals surface area contributed by atoms with E-state index in [1.807, 2.05) is 32.9 Å². The van der Waals surface area contributed by atoms with Gasteiger partial charge in [-0.05, 0) is 37.8 Å². The largest absolute Gasteiger partial charge is 0.465 e. The zero-order valence-electron chi connectivity index (χ0n) is 17.4. The molecule has 29 heavy (non-hydrogen) atoms. The Balaban J connectivity index is 1.76. The first-order chi connectivity index (χ1) is 13.8. The lowest BCUT2D eigenvalue weighted by molar-refractivity contribution is -0.148. The van der Waals surface area contributed by atoms with Crippen LogP contribution in [0, 0.1) is 18.8 Å². The molecule has 7 nitrogen and oxygen atoms in total. The minimum absolute atomic E-state index is 0.0408. The molecule has 0 spiro atoms. The Bertz CT molecular complexity index is 729. The van der Waals surface area contributed by atoms with Crippen molar-refractivity contribution in [3.8, 4) is 0 Å². The predicted octanol–water partition coefficient (Wildman–Crippen LogP) is 1.40. The van der Waals surface area contributed by atoms with E-state index >= 15 is 0 Å². The number of nitrogens with one attached hydrogen (secondary N) is 3. The Hall–Kier alpha value is -1.61. The highest BCUT2D eigenvalue weighted by Gasteiger charge is 2.53. The summed E-state index contributed by atoms with van der Waals surface area (Å²) in [7, 11) is 0. The summed E-state index contributed by atoms with van der Waals surface area (Å²) in [5, 5.41) is 19.5. The van der Waals surface area contributed by atoms with Crippen LogP contribution in [0.25, 0.3) is 0 Å². The number of alkyl halides is 1. The van der Waals surface area contributed by atoms with Crippen molar-refractivity contribution < 1.29 is 23.5 Å². The van der Waals surface area contributed by atoms with Crippen molar-refractivity contribution in [1.29, 1.82) is 0 Å². The van der Waals surface area contributed by atoms with E-state index in [0.29, 0.717) is 18.7 Å². The molecule has 0 aromatic carbocycles. The molecule has 3 rings (SSSR count). The lowest BCUT2D eigenvalue weighted by Crippen LogP contribution is -2.72. The van der Waals surface area contributed by atoms with Crippen LogP contribution in [0.1, 0.15) is 51.2 Å². The Labute approximate surface area is 170 Å². The number of Topliss-reactive ketones (excluding diaryl/α,β-unsaturated/α-hetero) is 2. The Morgan fingerprint density at radius 1 is 1.21 bits per heavy atom. The molecule has 0 bridgehead atoms. The van der Waals surface area contributed by atoms with Crippen LogP contribution in [0.4, 0.5) is 4.39 Å². The fraction of sp³-hybridized carbons (Fsp3) is 0.714. The zero-order valence-corrected chi connectivity index (χ0v) is 17.4. The van der Waals surface area contributed by atoms with Crippen molar-refractivity contribution in [3.63, 3.8) is 0 Å². The quantitative estimate of drug-likeness (QED) is 0.457. The first-order valence-electron chi connectivity index (χ1n) is 10.5. The molecule has 1 aromatic rings. The summed E-state index contributed by atoms with van der Waals surface area (Å²) in [6.07, 6.45) is -1.16. The minimum Gasteiger partial charge on any atom is -0.465 e. The monoisotopic (exact) mass is 409 g/mol. The summed E-state index contributed by atoms with van der Waals surface area (Å²) in [4.78, 5) is 24.6. The molecule has 8 atom stereocenters. The molecule has 1 aliphatic heterocycles. The van der Waals surface area contributed by atoms with Gasteiger partial charge in [0.25, 0.3) is 0 Å². The lowest BCUT2D eigenvalue weighted by atomic mass is 9.79. The number of ketones is 2. The molecule has 4 N–H and O–H groups in total. The molecular formula is C21H32FN3O4. The van der Waals surface area contributed by atoms with Gasteiger partial charge in [0.15, 0.2) is 0 Å². The maximum Gasteiger partial charge on any atom is 0.219 e. The Morgan fingerprint density at radius 3 is 2.34 bits per heavy atom. The third-order valence-corrected chi connectivity index (χ3v) is 6.27. The van der Waals surface area contributed by atoms with Crippen LogP contribution < -0.4 is 16.0 Å². The Morgan fingerprint density at radius 2 is 1.86 bits per heavy atom. The summed E-state index contributed by atoms with van der Waals surface area (Å²) in [6, 6.07) is 1.19. The molecule has 2 aliphatic rings. The Kier molecular flexibility index (Phi) is 6.88. The van der Waals surface area contributed by atoms with Gasteiger partial charge in [0.1, 0.15) is 23.9 Å². The molecule has 162 valence electrons. The van der Waals surface area contributed by atoms with Crippen LogP contribution in [0.2, 0.25) is 0 Å². The van der Waals surface area contributed by atoms with Crippen molar-refractivity contribution in [2.75, 3.05) is 6.54 Å². The number of carbonyl (C=O) groups excluding carboxylic acids is 2. The van der Waals surface area contributed by atoms with Gasteiger partial charge in [0.2, 0.25) is 11.6 Å². The predicted molar refractivity (Wildman–Crippen MR) is 106 cm³/mol. The van der Waals surface area contributed by atoms with E-state index in [9.17, 15) is 19.1 Å². The van der Waals surface area contributed by atoms with Gasteiger partial charge in [-0.2, -0.15) is 0 Å². The number of hydrogen-bond acceptors (Lipinski definition) is 7. The fourth-order valence-electron chi connectivity index (χ4n) is 4.47. The molecular weight excluding hydrogens is 377 g/mol. The highest BCUT2D eigenvalue weighted by atomic mass is 19.1. The summed E-state index contributed by atoms with van der Waals surface area (Å²) < 4.78 is 20.5. The van der Waals surface area contributed by atoms with Gasteiger partial charge in [-0.15, -0.1) is 0 Å². The van der Waals surface area contributed by atoms with Crippen molar-refractivity contribution in [2.45, 2.75) is 77.1 Å². The molecule has 1 saturated heterocycles. The van der Waals surface area contributed by atoms with Crippen LogP contribution in [-0.2, 0) is 9.59 Å². The number of rotatable bonds is 9. The number of aliphatic hydroxyl groups excluding tert-OH is 1. The van der Waals surface area contributed by atoms with Gasteiger partial charge in [-0.25, -0.2) is 4.39 Å². The average molecular weight is 410 g/mol. The summed E-state index contributed by atoms with van der Waals surface area (Å²) in [5.41, 5.74) is 0. The number of aliphatic hydroxyl groups is 1. The molecule has 1 aromatic heterocycles. The molecule has 1 aliphatic carbocycles. The summed E-state index contributed by atoms with van der Waals surface area (Å²) in [5.74, 6) is 0.0737. The van der Waals surface area contributed by atoms with E-state index in [0.717, 1.165) is 5.76 Å². The topological polar surface area (TPSA) is 104 Å². The van der Waals surface area contributed by atoms with Crippen molar-refractivity contribution in [1.82, 2.24) is 16.0 Å². The van der Waals surface area contributed by atoms with E-state index < -0.39 is 42.1 Å². The summed E-state index contributed by atoms with van der Waals surface area (Å²) >= 11 is 0. The standard InChI is InChI=1S/C21H32FN3O4/c1-5-12(22)16(15-10(3)9-23-21(15)28)25-18-17(19(26)20(18)27)24-13(6-2)14-8-7-11(4)29-14/h7-8,10,12-13,15-18,21,23-25,28H,5-6,9H2,1-4H3/t10-,12?,13-,15?,16?,17?,18?,21?/m1/s1. The number of aryl methyl sites for hydroxylation is 1. The highest BCUT2D eigenvalue weighted by molar-refractivity contribution is 6.49. The second kappa shape index (κ2) is 9.04. The first-order valence-corrected chi connectivity index (χ1v) is 10.5. The van der Waals surface area contributed by atoms with Gasteiger partial charge in [0, 0.05) is 18.5 Å². The van der Waals surface area contributed by atoms with E-state index in [1.165, 1.54) is 0 Å². The van der Waals surface area contributed by atoms with Crippen LogP contribution in [0.3, 0.4) is 0 Å². The number of furan rings is 1. The summed E-state index contributed by atoms with van der Waals surface area (Å²) in [6.45, 7) is 8.06. The number of hydrogen-bond donors (Lipinski definition) is 4. The second-order valence-corrected chi connectivity index (χ2v) is 8.28. The van der Waals surface area contributed by atoms with Gasteiger partial charge in [-0.3, -0.25) is 25.5 Å². The molecule has 1 saturated carbocycles. The third-order valence-electron chi connectivity index (χ3n) is 6.27. The fourth-order valence-corrected chi connectivity index (χ4v) is 4.47. The van der Waals surface area contributed by atoms with Crippen LogP contribution in [0.5, 0.6) is 0 Å². The molecule has 0 amide bonds. The van der Waals surface area contributed by atoms with E-state index in [1.54, 1.807) is 6.92 Å². The van der Waals surface area contributed by atoms with Gasteiger partial charge >= 0.3 is 0 Å². The van der Waals surface area contributed by atoms with Gasteiger partial charge in [-0.1, -0.05) is 20.8 Å². The average Bonchev–Trinajstić information content (AvgIpc) is 3.29. The van der Waals surface area contributed by atoms with Crippen LogP contribution in [-0.4, -0.2) is 53.7 Å². The van der Waals surface area contributed by atoms with Crippen molar-refractivity contribution >= 4 is 11.6 Å². The van der Waals surface area contributed by atoms with Crippen LogP contribution in [0.15, 0.2) is 16.5 Å². The number of carbonyl (C=O) groups is 2. The SMILES string of the molecule is CCC(F)C(NC1C(=O)C(=O)C1N[C@H](CC)c1ccc(C)o1)C1C(O)NC[C@H]1C. The van der Waals surface area contributed by atoms with Gasteiger partial charge in [0.05, 0.1) is 18.1 Å². The highest BCUT2D eigenvalue weighted by Crippen LogP contribution is 2.30. The molecule has 8 heteroatoms. The molecule has 6 unspecified atom stereocenters. The van der Waals surface area contributed by atoms with Gasteiger partial charge < -0.3 is 9.52 Å². The van der Waals surface area contributed by atoms with E-state index in [2.05, 4.69) is 16.0 Å². The van der Waals surface area contributed by atoms with E-state index in [4.69, 9.17) is 4.42 Å². The van der Waals surface area contributed by atoms with Crippen LogP contribution >= 0.6 is 0 Å². The normalized spacial score (nSPS) is 32.8. The molecule has 2 heterocycles. The number of halogens is 1. The van der Waals surface area contributed by atoms with Crippen molar-refractivity contribution in [2.24, 2.45) is 11.8 Å². The maximum atomic E-state index is 14.8.